The molecule has 0 unspecified atom stereocenters. The van der Waals surface area contributed by atoms with Gasteiger partial charge < -0.3 is 15.0 Å². The van der Waals surface area contributed by atoms with E-state index in [1.807, 2.05) is 36.4 Å². The van der Waals surface area contributed by atoms with Crippen molar-refractivity contribution in [2.45, 2.75) is 13.5 Å². The van der Waals surface area contributed by atoms with Gasteiger partial charge in [0.05, 0.1) is 0 Å². The van der Waals surface area contributed by atoms with E-state index in [0.717, 1.165) is 11.3 Å². The van der Waals surface area contributed by atoms with Crippen molar-refractivity contribution < 1.29 is 9.68 Å². The minimum Gasteiger partial charge on any atom is -0.537 e. The SMILES string of the molecule is Cc1cccc(NCc2ccccc2O[B]O)c1. The third-order valence-electron chi connectivity index (χ3n) is 2.65. The van der Waals surface area contributed by atoms with Crippen LogP contribution in [0.15, 0.2) is 48.5 Å². The van der Waals surface area contributed by atoms with Crippen LogP contribution in [0, 0.1) is 6.92 Å². The maximum absolute atomic E-state index is 8.70. The van der Waals surface area contributed by atoms with Crippen LogP contribution in [0.2, 0.25) is 0 Å². The van der Waals surface area contributed by atoms with Crippen LogP contribution < -0.4 is 9.97 Å². The molecule has 0 fully saturated rings. The van der Waals surface area contributed by atoms with Gasteiger partial charge in [0, 0.05) is 17.8 Å². The molecule has 0 aliphatic carbocycles. The maximum atomic E-state index is 8.70. The van der Waals surface area contributed by atoms with Gasteiger partial charge in [0.25, 0.3) is 0 Å². The van der Waals surface area contributed by atoms with Crippen LogP contribution >= 0.6 is 0 Å². The van der Waals surface area contributed by atoms with Crippen molar-refractivity contribution in [2.75, 3.05) is 5.32 Å². The molecule has 2 aromatic rings. The summed E-state index contributed by atoms with van der Waals surface area (Å²) in [4.78, 5) is 0. The Morgan fingerprint density at radius 1 is 1.17 bits per heavy atom. The number of benzene rings is 2. The third-order valence-corrected chi connectivity index (χ3v) is 2.65. The van der Waals surface area contributed by atoms with E-state index in [1.54, 1.807) is 0 Å². The van der Waals surface area contributed by atoms with Crippen molar-refractivity contribution in [3.05, 3.63) is 59.7 Å². The van der Waals surface area contributed by atoms with Crippen LogP contribution in [0.3, 0.4) is 0 Å². The zero-order valence-corrected chi connectivity index (χ0v) is 10.3. The molecule has 0 bridgehead atoms. The summed E-state index contributed by atoms with van der Waals surface area (Å²) in [5, 5.41) is 12.0. The van der Waals surface area contributed by atoms with Gasteiger partial charge in [-0.3, -0.25) is 0 Å². The van der Waals surface area contributed by atoms with E-state index in [2.05, 4.69) is 24.4 Å². The van der Waals surface area contributed by atoms with Crippen molar-refractivity contribution in [3.8, 4) is 5.75 Å². The molecule has 18 heavy (non-hydrogen) atoms. The molecule has 0 aliphatic heterocycles. The van der Waals surface area contributed by atoms with E-state index in [9.17, 15) is 0 Å². The van der Waals surface area contributed by atoms with E-state index in [1.165, 1.54) is 5.56 Å². The summed E-state index contributed by atoms with van der Waals surface area (Å²) >= 11 is 0. The molecule has 0 saturated heterocycles. The second-order valence-corrected chi connectivity index (χ2v) is 4.05. The monoisotopic (exact) mass is 240 g/mol. The fourth-order valence-corrected chi connectivity index (χ4v) is 1.77. The Morgan fingerprint density at radius 2 is 2.00 bits per heavy atom. The molecular weight excluding hydrogens is 225 g/mol. The summed E-state index contributed by atoms with van der Waals surface area (Å²) < 4.78 is 5.04. The molecule has 0 aliphatic rings. The van der Waals surface area contributed by atoms with Crippen molar-refractivity contribution in [3.63, 3.8) is 0 Å². The summed E-state index contributed by atoms with van der Waals surface area (Å²) in [7, 11) is 0.700. The first-order chi connectivity index (χ1) is 8.79. The summed E-state index contributed by atoms with van der Waals surface area (Å²) in [5.41, 5.74) is 3.27. The molecule has 2 aromatic carbocycles. The zero-order chi connectivity index (χ0) is 12.8. The van der Waals surface area contributed by atoms with E-state index < -0.39 is 0 Å². The highest BCUT2D eigenvalue weighted by molar-refractivity contribution is 6.17. The van der Waals surface area contributed by atoms with Crippen LogP contribution in [0.25, 0.3) is 0 Å². The molecule has 2 N–H and O–H groups in total. The zero-order valence-electron chi connectivity index (χ0n) is 10.3. The van der Waals surface area contributed by atoms with Gasteiger partial charge in [-0.2, -0.15) is 0 Å². The number of anilines is 1. The fraction of sp³-hybridized carbons (Fsp3) is 0.143. The van der Waals surface area contributed by atoms with E-state index in [0.29, 0.717) is 20.0 Å². The molecule has 0 spiro atoms. The van der Waals surface area contributed by atoms with Crippen molar-refractivity contribution in [1.29, 1.82) is 0 Å². The van der Waals surface area contributed by atoms with E-state index in [4.69, 9.17) is 9.68 Å². The lowest BCUT2D eigenvalue weighted by atomic mass is 10.1. The third kappa shape index (κ3) is 3.28. The average molecular weight is 240 g/mol. The number of nitrogens with one attached hydrogen (secondary N) is 1. The highest BCUT2D eigenvalue weighted by Gasteiger charge is 2.03. The highest BCUT2D eigenvalue weighted by atomic mass is 16.5. The minimum atomic E-state index is 0.646. The topological polar surface area (TPSA) is 41.5 Å². The van der Waals surface area contributed by atoms with Crippen LogP contribution in [0.1, 0.15) is 11.1 Å². The average Bonchev–Trinajstić information content (AvgIpc) is 2.38. The lowest BCUT2D eigenvalue weighted by Crippen LogP contribution is -2.06. The second-order valence-electron chi connectivity index (χ2n) is 4.05. The van der Waals surface area contributed by atoms with Crippen LogP contribution in [-0.2, 0) is 6.54 Å². The quantitative estimate of drug-likeness (QED) is 0.789. The first kappa shape index (κ1) is 12.5. The molecule has 0 heterocycles. The highest BCUT2D eigenvalue weighted by Crippen LogP contribution is 2.19. The molecule has 91 valence electrons. The molecule has 0 aromatic heterocycles. The Hall–Kier alpha value is -1.94. The Balaban J connectivity index is 2.06. The summed E-state index contributed by atoms with van der Waals surface area (Å²) in [6.45, 7) is 2.70. The first-order valence-electron chi connectivity index (χ1n) is 5.80. The summed E-state index contributed by atoms with van der Waals surface area (Å²) in [6, 6.07) is 15.8. The number of para-hydroxylation sites is 1. The van der Waals surface area contributed by atoms with Crippen LogP contribution in [-0.4, -0.2) is 12.7 Å². The van der Waals surface area contributed by atoms with Gasteiger partial charge in [-0.05, 0) is 30.7 Å². The predicted octanol–water partition coefficient (Wildman–Crippen LogP) is 2.51. The molecule has 1 radical (unpaired) electrons. The smallest absolute Gasteiger partial charge is 0.537 e. The summed E-state index contributed by atoms with van der Waals surface area (Å²) in [6.07, 6.45) is 0. The fourth-order valence-electron chi connectivity index (χ4n) is 1.77. The molecule has 0 atom stereocenters. The van der Waals surface area contributed by atoms with Crippen molar-refractivity contribution >= 4 is 13.4 Å². The predicted molar refractivity (Wildman–Crippen MR) is 73.5 cm³/mol. The van der Waals surface area contributed by atoms with Gasteiger partial charge >= 0.3 is 7.69 Å². The molecular formula is C14H15BNO2. The molecule has 0 amide bonds. The van der Waals surface area contributed by atoms with Crippen LogP contribution in [0.4, 0.5) is 5.69 Å². The van der Waals surface area contributed by atoms with Crippen molar-refractivity contribution in [2.24, 2.45) is 0 Å². The number of hydrogen-bond donors (Lipinski definition) is 2. The lowest BCUT2D eigenvalue weighted by Gasteiger charge is -2.11. The van der Waals surface area contributed by atoms with Gasteiger partial charge in [0.1, 0.15) is 5.75 Å². The Labute approximate surface area is 108 Å². The normalized spacial score (nSPS) is 9.89. The van der Waals surface area contributed by atoms with Gasteiger partial charge in [0.2, 0.25) is 0 Å². The summed E-state index contributed by atoms with van der Waals surface area (Å²) in [5.74, 6) is 0.653. The van der Waals surface area contributed by atoms with Crippen molar-refractivity contribution in [1.82, 2.24) is 0 Å². The lowest BCUT2D eigenvalue weighted by molar-refractivity contribution is 0.451. The van der Waals surface area contributed by atoms with Crippen LogP contribution in [0.5, 0.6) is 5.75 Å². The molecule has 2 rings (SSSR count). The van der Waals surface area contributed by atoms with Gasteiger partial charge in [-0.25, -0.2) is 0 Å². The number of hydrogen-bond acceptors (Lipinski definition) is 3. The standard InChI is InChI=1S/C14H15BNO2/c1-11-5-4-7-13(9-11)16-10-12-6-2-3-8-14(12)18-15-17/h2-9,16-17H,10H2,1H3. The molecule has 3 nitrogen and oxygen atoms in total. The Kier molecular flexibility index (Phi) is 4.26. The number of rotatable bonds is 5. The first-order valence-corrected chi connectivity index (χ1v) is 5.80. The van der Waals surface area contributed by atoms with Gasteiger partial charge in [-0.15, -0.1) is 0 Å². The number of aryl methyl sites for hydroxylation is 1. The Morgan fingerprint density at radius 3 is 2.78 bits per heavy atom. The molecule has 4 heteroatoms. The van der Waals surface area contributed by atoms with E-state index >= 15 is 0 Å². The van der Waals surface area contributed by atoms with Gasteiger partial charge in [0.15, 0.2) is 0 Å². The van der Waals surface area contributed by atoms with Gasteiger partial charge in [-0.1, -0.05) is 30.3 Å². The second kappa shape index (κ2) is 6.12. The molecule has 0 saturated carbocycles. The maximum Gasteiger partial charge on any atom is 0.569 e. The minimum absolute atomic E-state index is 0.646. The Bertz CT molecular complexity index is 517. The van der Waals surface area contributed by atoms with E-state index in [-0.39, 0.29) is 0 Å². The largest absolute Gasteiger partial charge is 0.569 e.